The van der Waals surface area contributed by atoms with Crippen LogP contribution in [0.4, 0.5) is 26.3 Å². The average molecular weight is 308 g/mol. The molecule has 19 heavy (non-hydrogen) atoms. The topological polar surface area (TPSA) is 39.2 Å². The molecule has 1 aromatic rings. The highest BCUT2D eigenvalue weighted by atomic mass is 35.5. The van der Waals surface area contributed by atoms with Crippen molar-refractivity contribution in [3.63, 3.8) is 0 Å². The fourth-order valence-electron chi connectivity index (χ4n) is 1.22. The Hall–Kier alpha value is -1.51. The molecule has 0 radical (unpaired) electrons. The Morgan fingerprint density at radius 2 is 1.84 bits per heavy atom. The molecule has 0 saturated carbocycles. The summed E-state index contributed by atoms with van der Waals surface area (Å²) in [7, 11) is 0. The van der Waals surface area contributed by atoms with Gasteiger partial charge in [-0.1, -0.05) is 0 Å². The Morgan fingerprint density at radius 1 is 1.26 bits per heavy atom. The molecule has 0 fully saturated rings. The minimum absolute atomic E-state index is 0.00667. The zero-order valence-corrected chi connectivity index (χ0v) is 9.53. The lowest BCUT2D eigenvalue weighted by atomic mass is 10.1. The highest BCUT2D eigenvalue weighted by Crippen LogP contribution is 2.35. The van der Waals surface area contributed by atoms with Gasteiger partial charge in [-0.2, -0.15) is 13.2 Å². The maximum Gasteiger partial charge on any atom is 0.574 e. The van der Waals surface area contributed by atoms with Crippen molar-refractivity contribution < 1.29 is 35.9 Å². The van der Waals surface area contributed by atoms with E-state index in [4.69, 9.17) is 11.6 Å². The van der Waals surface area contributed by atoms with Gasteiger partial charge in [0.1, 0.15) is 0 Å². The van der Waals surface area contributed by atoms with Gasteiger partial charge in [-0.3, -0.25) is 4.79 Å². The van der Waals surface area contributed by atoms with Gasteiger partial charge in [-0.15, -0.1) is 24.8 Å². The Balaban J connectivity index is 3.43. The zero-order chi connectivity index (χ0) is 14.8. The zero-order valence-electron chi connectivity index (χ0n) is 8.77. The van der Waals surface area contributed by atoms with Crippen LogP contribution in [0, 0.1) is 0 Å². The van der Waals surface area contributed by atoms with Gasteiger partial charge in [0, 0.05) is 11.6 Å². The van der Waals surface area contributed by atoms with Gasteiger partial charge in [0.15, 0.2) is 6.29 Å². The van der Waals surface area contributed by atoms with E-state index in [0.717, 1.165) is 0 Å². The van der Waals surface area contributed by atoms with E-state index in [-0.39, 0.29) is 12.4 Å². The Labute approximate surface area is 107 Å². The van der Waals surface area contributed by atoms with Gasteiger partial charge < -0.3 is 4.74 Å². The van der Waals surface area contributed by atoms with Crippen molar-refractivity contribution in [1.82, 2.24) is 4.98 Å². The summed E-state index contributed by atoms with van der Waals surface area (Å²) in [5.74, 6) is -2.01. The molecule has 10 heteroatoms. The number of carbonyl (C=O) groups is 1. The highest BCUT2D eigenvalue weighted by Gasteiger charge is 2.38. The number of pyridine rings is 1. The van der Waals surface area contributed by atoms with Crippen molar-refractivity contribution in [3.8, 4) is 5.88 Å². The molecule has 0 aliphatic rings. The third kappa shape index (κ3) is 3.98. The normalized spacial score (nSPS) is 12.4. The molecule has 1 heterocycles. The minimum Gasteiger partial charge on any atom is -0.388 e. The van der Waals surface area contributed by atoms with Crippen molar-refractivity contribution >= 4 is 17.9 Å². The van der Waals surface area contributed by atoms with Crippen molar-refractivity contribution in [1.29, 1.82) is 0 Å². The van der Waals surface area contributed by atoms with Gasteiger partial charge >= 0.3 is 12.5 Å². The summed E-state index contributed by atoms with van der Waals surface area (Å²) >= 11 is 5.25. The molecule has 3 nitrogen and oxygen atoms in total. The summed E-state index contributed by atoms with van der Waals surface area (Å²) in [5.41, 5.74) is -3.16. The summed E-state index contributed by atoms with van der Waals surface area (Å²) < 4.78 is 76.9. The number of halogens is 7. The number of ether oxygens (including phenoxy) is 1. The molecular formula is C9H4ClF6NO2. The van der Waals surface area contributed by atoms with Crippen molar-refractivity contribution in [3.05, 3.63) is 22.9 Å². The van der Waals surface area contributed by atoms with E-state index < -0.39 is 41.1 Å². The van der Waals surface area contributed by atoms with Crippen LogP contribution in [0.5, 0.6) is 5.88 Å². The predicted octanol–water partition coefficient (Wildman–Crippen LogP) is 3.55. The molecule has 0 bridgehead atoms. The van der Waals surface area contributed by atoms with Gasteiger partial charge in [0.2, 0.25) is 5.88 Å². The van der Waals surface area contributed by atoms with E-state index in [2.05, 4.69) is 9.72 Å². The van der Waals surface area contributed by atoms with E-state index >= 15 is 0 Å². The second-order valence-corrected chi connectivity index (χ2v) is 3.43. The van der Waals surface area contributed by atoms with Crippen LogP contribution in [0.15, 0.2) is 6.07 Å². The molecule has 0 amide bonds. The maximum atomic E-state index is 12.6. The van der Waals surface area contributed by atoms with Crippen LogP contribution in [-0.2, 0) is 12.1 Å². The summed E-state index contributed by atoms with van der Waals surface area (Å²) in [4.78, 5) is 13.7. The summed E-state index contributed by atoms with van der Waals surface area (Å²) in [5, 5.41) is 0. The van der Waals surface area contributed by atoms with Gasteiger partial charge in [-0.25, -0.2) is 4.98 Å². The van der Waals surface area contributed by atoms with E-state index in [1.807, 2.05) is 0 Å². The molecule has 0 atom stereocenters. The molecule has 0 saturated heterocycles. The fourth-order valence-corrected chi connectivity index (χ4v) is 1.42. The second-order valence-electron chi connectivity index (χ2n) is 3.17. The van der Waals surface area contributed by atoms with Crippen LogP contribution in [0.2, 0.25) is 0 Å². The molecule has 0 aliphatic heterocycles. The molecule has 0 unspecified atom stereocenters. The quantitative estimate of drug-likeness (QED) is 0.487. The number of carbonyl (C=O) groups excluding carboxylic acids is 1. The first kappa shape index (κ1) is 15.5. The van der Waals surface area contributed by atoms with Crippen molar-refractivity contribution in [2.24, 2.45) is 0 Å². The maximum absolute atomic E-state index is 12.6. The first-order chi connectivity index (χ1) is 8.58. The Morgan fingerprint density at radius 3 is 2.21 bits per heavy atom. The number of nitrogens with zero attached hydrogens (tertiary/aromatic N) is 1. The largest absolute Gasteiger partial charge is 0.574 e. The number of alkyl halides is 7. The van der Waals surface area contributed by atoms with Crippen LogP contribution in [0.25, 0.3) is 0 Å². The summed E-state index contributed by atoms with van der Waals surface area (Å²) in [6.45, 7) is 0. The summed E-state index contributed by atoms with van der Waals surface area (Å²) in [6, 6.07) is -0.00667. The van der Waals surface area contributed by atoms with E-state index in [1.54, 1.807) is 0 Å². The van der Waals surface area contributed by atoms with E-state index in [9.17, 15) is 31.1 Å². The lowest BCUT2D eigenvalue weighted by Crippen LogP contribution is -2.20. The van der Waals surface area contributed by atoms with Crippen LogP contribution in [0.1, 0.15) is 21.6 Å². The highest BCUT2D eigenvalue weighted by molar-refractivity contribution is 6.17. The van der Waals surface area contributed by atoms with E-state index in [1.165, 1.54) is 0 Å². The molecule has 1 rings (SSSR count). The molecular weight excluding hydrogens is 304 g/mol. The number of hydrogen-bond donors (Lipinski definition) is 0. The van der Waals surface area contributed by atoms with Crippen molar-refractivity contribution in [2.75, 3.05) is 0 Å². The SMILES string of the molecule is O=Cc1c(C(F)(F)F)cc(OC(F)(F)F)nc1CCl. The molecule has 0 aliphatic carbocycles. The molecule has 1 aromatic heterocycles. The van der Waals surface area contributed by atoms with Crippen LogP contribution in [-0.4, -0.2) is 17.6 Å². The van der Waals surface area contributed by atoms with Gasteiger partial charge in [0.25, 0.3) is 0 Å². The lowest BCUT2D eigenvalue weighted by Gasteiger charge is -2.15. The first-order valence-electron chi connectivity index (χ1n) is 4.46. The van der Waals surface area contributed by atoms with Crippen LogP contribution in [0.3, 0.4) is 0 Å². The monoisotopic (exact) mass is 307 g/mol. The number of aldehydes is 1. The predicted molar refractivity (Wildman–Crippen MR) is 50.9 cm³/mol. The molecule has 0 spiro atoms. The second kappa shape index (κ2) is 5.24. The van der Waals surface area contributed by atoms with Gasteiger partial charge in [-0.05, 0) is 0 Å². The third-order valence-corrected chi connectivity index (χ3v) is 2.14. The minimum atomic E-state index is -5.21. The molecule has 106 valence electrons. The van der Waals surface area contributed by atoms with E-state index in [0.29, 0.717) is 0 Å². The Bertz CT molecular complexity index is 485. The standard InChI is InChI=1S/C9H4ClF6NO2/c10-2-6-4(3-18)5(8(11,12)13)1-7(17-6)19-9(14,15)16/h1,3H,2H2. The number of rotatable bonds is 3. The summed E-state index contributed by atoms with van der Waals surface area (Å²) in [6.07, 6.45) is -10.4. The third-order valence-electron chi connectivity index (χ3n) is 1.88. The van der Waals surface area contributed by atoms with Gasteiger partial charge in [0.05, 0.1) is 17.1 Å². The Kier molecular flexibility index (Phi) is 4.28. The molecule has 0 aromatic carbocycles. The lowest BCUT2D eigenvalue weighted by molar-refractivity contribution is -0.276. The average Bonchev–Trinajstić information content (AvgIpc) is 2.24. The number of hydrogen-bond acceptors (Lipinski definition) is 3. The van der Waals surface area contributed by atoms with Crippen LogP contribution >= 0.6 is 11.6 Å². The van der Waals surface area contributed by atoms with Crippen molar-refractivity contribution in [2.45, 2.75) is 18.4 Å². The molecule has 0 N–H and O–H groups in total. The van der Waals surface area contributed by atoms with Crippen LogP contribution < -0.4 is 4.74 Å². The fraction of sp³-hybridized carbons (Fsp3) is 0.333. The smallest absolute Gasteiger partial charge is 0.388 e. The number of aromatic nitrogens is 1. The first-order valence-corrected chi connectivity index (χ1v) is 5.00.